The smallest absolute Gasteiger partial charge is 0.273 e. The molecule has 14 heteroatoms. The molecule has 4 heterocycles. The molecular weight excluding hydrogens is 610 g/mol. The molecule has 7 nitrogen and oxygen atoms in total. The summed E-state index contributed by atoms with van der Waals surface area (Å²) in [6.45, 7) is -0.995. The van der Waals surface area contributed by atoms with Gasteiger partial charge in [0.05, 0.1) is 58.9 Å². The SMILES string of the molecule is O=C(NCc1cc2nc(-c3ccc(C(F)C(F)F)c(C4CC4)n3)ccc2cn1)c1cc(C(F)F)c2c(c1)S(=O)C(F)COC2. The lowest BCUT2D eigenvalue weighted by Gasteiger charge is -2.14. The minimum absolute atomic E-state index is 0.0788. The summed E-state index contributed by atoms with van der Waals surface area (Å²) in [6, 6.07) is 9.90. The van der Waals surface area contributed by atoms with Crippen LogP contribution in [0.2, 0.25) is 0 Å². The van der Waals surface area contributed by atoms with Gasteiger partial charge in [-0.05, 0) is 49.2 Å². The molecule has 1 saturated carbocycles. The highest BCUT2D eigenvalue weighted by Crippen LogP contribution is 2.44. The van der Waals surface area contributed by atoms with Crippen molar-refractivity contribution in [2.75, 3.05) is 6.61 Å². The number of alkyl halides is 6. The Morgan fingerprint density at radius 2 is 1.75 bits per heavy atom. The maximum Gasteiger partial charge on any atom is 0.273 e. The van der Waals surface area contributed by atoms with Crippen LogP contribution in [0.15, 0.2) is 53.6 Å². The first kappa shape index (κ1) is 30.1. The van der Waals surface area contributed by atoms with Crippen molar-refractivity contribution in [3.05, 3.63) is 82.3 Å². The van der Waals surface area contributed by atoms with Crippen LogP contribution in [0.25, 0.3) is 22.3 Å². The van der Waals surface area contributed by atoms with Crippen molar-refractivity contribution in [3.63, 3.8) is 0 Å². The number of fused-ring (bicyclic) bond motifs is 2. The number of nitrogens with one attached hydrogen (secondary N) is 1. The Kier molecular flexibility index (Phi) is 8.38. The molecule has 1 aromatic carbocycles. The van der Waals surface area contributed by atoms with Crippen LogP contribution in [0.4, 0.5) is 26.3 Å². The van der Waals surface area contributed by atoms with Crippen molar-refractivity contribution in [2.45, 2.75) is 61.3 Å². The first-order valence-electron chi connectivity index (χ1n) is 13.7. The molecular formula is C30H24F6N4O3S. The number of benzene rings is 1. The number of carbonyl (C=O) groups is 1. The van der Waals surface area contributed by atoms with Gasteiger partial charge in [-0.2, -0.15) is 0 Å². The Bertz CT molecular complexity index is 1770. The van der Waals surface area contributed by atoms with E-state index in [9.17, 15) is 35.3 Å². The summed E-state index contributed by atoms with van der Waals surface area (Å²) in [4.78, 5) is 26.1. The standard InChI is InChI=1S/C30H24F6N4O3S/c31-25-13-43-12-20-19(28(33)34)7-16(8-24(20)44(25)42)30(41)38-11-17-9-23-15(10-37-17)3-5-21(39-23)22-6-4-18(26(32)29(35)36)27(40-22)14-1-2-14/h3-10,14,25-26,28-29H,1-2,11-13H2,(H,38,41). The quantitative estimate of drug-likeness (QED) is 0.218. The molecule has 1 fully saturated rings. The number of carbonyl (C=O) groups excluding carboxylic acids is 1. The predicted molar refractivity (Wildman–Crippen MR) is 148 cm³/mol. The van der Waals surface area contributed by atoms with Gasteiger partial charge < -0.3 is 10.1 Å². The van der Waals surface area contributed by atoms with Crippen molar-refractivity contribution in [3.8, 4) is 11.4 Å². The molecule has 3 atom stereocenters. The summed E-state index contributed by atoms with van der Waals surface area (Å²) in [5, 5.41) is 3.24. The molecule has 1 N–H and O–H groups in total. The van der Waals surface area contributed by atoms with E-state index in [1.54, 1.807) is 18.2 Å². The molecule has 2 aliphatic rings. The zero-order valence-electron chi connectivity index (χ0n) is 22.8. The molecule has 0 saturated heterocycles. The third-order valence-corrected chi connectivity index (χ3v) is 8.85. The summed E-state index contributed by atoms with van der Waals surface area (Å²) >= 11 is 0. The number of hydrogen-bond donors (Lipinski definition) is 1. The molecule has 0 spiro atoms. The second-order valence-corrected chi connectivity index (χ2v) is 12.0. The zero-order valence-corrected chi connectivity index (χ0v) is 23.6. The fourth-order valence-corrected chi connectivity index (χ4v) is 6.19. The van der Waals surface area contributed by atoms with Crippen LogP contribution in [-0.2, 0) is 28.7 Å². The second-order valence-electron chi connectivity index (χ2n) is 10.5. The Labute approximate surface area is 249 Å². The molecule has 3 unspecified atom stereocenters. The summed E-state index contributed by atoms with van der Waals surface area (Å²) in [5.41, 5.74) is -0.940. The van der Waals surface area contributed by atoms with Crippen LogP contribution >= 0.6 is 0 Å². The third-order valence-electron chi connectivity index (χ3n) is 7.45. The molecule has 1 aliphatic carbocycles. The van der Waals surface area contributed by atoms with E-state index in [1.165, 1.54) is 18.3 Å². The molecule has 0 bridgehead atoms. The maximum atomic E-state index is 14.2. The molecule has 1 aliphatic heterocycles. The number of nitrogens with zero attached hydrogens (tertiary/aromatic N) is 3. The molecule has 4 aromatic rings. The molecule has 44 heavy (non-hydrogen) atoms. The molecule has 1 amide bonds. The van der Waals surface area contributed by atoms with Crippen molar-refractivity contribution in [1.29, 1.82) is 0 Å². The van der Waals surface area contributed by atoms with E-state index in [2.05, 4.69) is 20.3 Å². The fourth-order valence-electron chi connectivity index (χ4n) is 5.03. The van der Waals surface area contributed by atoms with E-state index >= 15 is 0 Å². The van der Waals surface area contributed by atoms with Crippen molar-refractivity contribution >= 4 is 27.6 Å². The van der Waals surface area contributed by atoms with Crippen LogP contribution in [0.3, 0.4) is 0 Å². The van der Waals surface area contributed by atoms with E-state index in [0.29, 0.717) is 33.7 Å². The topological polar surface area (TPSA) is 94.1 Å². The summed E-state index contributed by atoms with van der Waals surface area (Å²) < 4.78 is 99.8. The van der Waals surface area contributed by atoms with Gasteiger partial charge in [0.15, 0.2) is 6.17 Å². The van der Waals surface area contributed by atoms with Gasteiger partial charge in [0, 0.05) is 44.7 Å². The average molecular weight is 635 g/mol. The summed E-state index contributed by atoms with van der Waals surface area (Å²) in [7, 11) is -2.29. The number of hydrogen-bond acceptors (Lipinski definition) is 6. The van der Waals surface area contributed by atoms with E-state index in [0.717, 1.165) is 25.0 Å². The van der Waals surface area contributed by atoms with Crippen molar-refractivity contribution < 1.29 is 40.1 Å². The lowest BCUT2D eigenvalue weighted by atomic mass is 10.0. The number of halogens is 6. The molecule has 3 aromatic heterocycles. The van der Waals surface area contributed by atoms with Gasteiger partial charge >= 0.3 is 0 Å². The monoisotopic (exact) mass is 634 g/mol. The third kappa shape index (κ3) is 6.05. The number of ether oxygens (including phenoxy) is 1. The van der Waals surface area contributed by atoms with Crippen LogP contribution in [-0.4, -0.2) is 43.6 Å². The van der Waals surface area contributed by atoms with Crippen molar-refractivity contribution in [1.82, 2.24) is 20.3 Å². The van der Waals surface area contributed by atoms with Gasteiger partial charge in [-0.25, -0.2) is 31.3 Å². The van der Waals surface area contributed by atoms with Gasteiger partial charge in [0.2, 0.25) is 5.50 Å². The number of amides is 1. The highest BCUT2D eigenvalue weighted by molar-refractivity contribution is 7.85. The Morgan fingerprint density at radius 1 is 1.00 bits per heavy atom. The van der Waals surface area contributed by atoms with Crippen LogP contribution in [0.1, 0.15) is 69.8 Å². The predicted octanol–water partition coefficient (Wildman–Crippen LogP) is 6.65. The van der Waals surface area contributed by atoms with E-state index in [-0.39, 0.29) is 40.7 Å². The van der Waals surface area contributed by atoms with Gasteiger partial charge in [0.1, 0.15) is 0 Å². The highest BCUT2D eigenvalue weighted by atomic mass is 32.2. The molecule has 6 rings (SSSR count). The summed E-state index contributed by atoms with van der Waals surface area (Å²) in [5.74, 6) is -0.840. The Hall–Kier alpha value is -3.91. The number of aromatic nitrogens is 3. The minimum atomic E-state index is -3.16. The van der Waals surface area contributed by atoms with E-state index in [1.807, 2.05) is 0 Å². The van der Waals surface area contributed by atoms with Crippen LogP contribution in [0.5, 0.6) is 0 Å². The first-order chi connectivity index (χ1) is 21.1. The van der Waals surface area contributed by atoms with E-state index in [4.69, 9.17) is 4.74 Å². The zero-order chi connectivity index (χ0) is 31.1. The van der Waals surface area contributed by atoms with Crippen LogP contribution < -0.4 is 5.32 Å². The van der Waals surface area contributed by atoms with E-state index < -0.39 is 53.4 Å². The van der Waals surface area contributed by atoms with Gasteiger partial charge in [-0.1, -0.05) is 6.07 Å². The lowest BCUT2D eigenvalue weighted by molar-refractivity contribution is 0.0488. The van der Waals surface area contributed by atoms with Crippen LogP contribution in [0, 0.1) is 0 Å². The van der Waals surface area contributed by atoms with Gasteiger partial charge in [0.25, 0.3) is 18.8 Å². The largest absolute Gasteiger partial charge is 0.373 e. The molecule has 0 radical (unpaired) electrons. The van der Waals surface area contributed by atoms with Gasteiger partial charge in [-0.3, -0.25) is 19.0 Å². The fraction of sp³-hybridized carbons (Fsp3) is 0.333. The first-order valence-corrected chi connectivity index (χ1v) is 14.9. The average Bonchev–Trinajstić information content (AvgIpc) is 3.88. The number of rotatable bonds is 8. The minimum Gasteiger partial charge on any atom is -0.373 e. The highest BCUT2D eigenvalue weighted by Gasteiger charge is 2.34. The second kappa shape index (κ2) is 12.2. The lowest BCUT2D eigenvalue weighted by Crippen LogP contribution is -2.24. The number of pyridine rings is 3. The maximum absolute atomic E-state index is 14.2. The Balaban J connectivity index is 1.24. The normalized spacial score (nSPS) is 19.2. The summed E-state index contributed by atoms with van der Waals surface area (Å²) in [6.07, 6.45) is -5.59. The van der Waals surface area contributed by atoms with Gasteiger partial charge in [-0.15, -0.1) is 0 Å². The Morgan fingerprint density at radius 3 is 2.48 bits per heavy atom. The van der Waals surface area contributed by atoms with Crippen molar-refractivity contribution in [2.24, 2.45) is 0 Å². The molecule has 230 valence electrons.